The quantitative estimate of drug-likeness (QED) is 0.872. The molecule has 1 aliphatic carbocycles. The molecule has 0 amide bonds. The standard InChI is InChI=1S/C16H26N4O/c1-12-17-14(15-7-8-20(15)9-10-21-2)11-16(18-12)19-13-5-3-4-6-13/h11,13,15H,3-10H2,1-2H3,(H,17,18,19)/t15-/m1/s1. The molecular formula is C16H26N4O. The lowest BCUT2D eigenvalue weighted by atomic mass is 9.99. The molecule has 2 aliphatic rings. The molecule has 0 radical (unpaired) electrons. The fourth-order valence-electron chi connectivity index (χ4n) is 3.37. The lowest BCUT2D eigenvalue weighted by molar-refractivity contribution is 0.0529. The van der Waals surface area contributed by atoms with Crippen LogP contribution < -0.4 is 5.32 Å². The number of nitrogens with one attached hydrogen (secondary N) is 1. The van der Waals surface area contributed by atoms with E-state index in [1.807, 2.05) is 6.92 Å². The number of aromatic nitrogens is 2. The van der Waals surface area contributed by atoms with Gasteiger partial charge in [-0.1, -0.05) is 12.8 Å². The average molecular weight is 290 g/mol. The van der Waals surface area contributed by atoms with Crippen molar-refractivity contribution in [1.82, 2.24) is 14.9 Å². The van der Waals surface area contributed by atoms with Crippen molar-refractivity contribution in [3.63, 3.8) is 0 Å². The minimum atomic E-state index is 0.436. The number of nitrogens with zero attached hydrogens (tertiary/aromatic N) is 3. The molecule has 1 N–H and O–H groups in total. The van der Waals surface area contributed by atoms with E-state index >= 15 is 0 Å². The Kier molecular flexibility index (Phi) is 4.70. The summed E-state index contributed by atoms with van der Waals surface area (Å²) in [6.45, 7) is 4.90. The van der Waals surface area contributed by atoms with Crippen LogP contribution in [0.3, 0.4) is 0 Å². The van der Waals surface area contributed by atoms with Crippen molar-refractivity contribution < 1.29 is 4.74 Å². The van der Waals surface area contributed by atoms with Crippen molar-refractivity contribution in [2.45, 2.75) is 51.1 Å². The number of aryl methyl sites for hydroxylation is 1. The number of likely N-dealkylation sites (tertiary alicyclic amines) is 1. The Morgan fingerprint density at radius 3 is 2.76 bits per heavy atom. The van der Waals surface area contributed by atoms with Gasteiger partial charge in [0.05, 0.1) is 18.3 Å². The summed E-state index contributed by atoms with van der Waals surface area (Å²) in [5, 5.41) is 3.59. The van der Waals surface area contributed by atoms with Gasteiger partial charge in [-0.25, -0.2) is 9.97 Å². The molecule has 1 aromatic heterocycles. The highest BCUT2D eigenvalue weighted by molar-refractivity contribution is 5.38. The first-order valence-corrected chi connectivity index (χ1v) is 8.11. The van der Waals surface area contributed by atoms with Crippen LogP contribution in [-0.4, -0.2) is 47.7 Å². The van der Waals surface area contributed by atoms with Gasteiger partial charge in [-0.05, 0) is 26.2 Å². The highest BCUT2D eigenvalue weighted by Crippen LogP contribution is 2.33. The van der Waals surface area contributed by atoms with E-state index in [0.29, 0.717) is 12.1 Å². The molecular weight excluding hydrogens is 264 g/mol. The van der Waals surface area contributed by atoms with Crippen LogP contribution >= 0.6 is 0 Å². The van der Waals surface area contributed by atoms with E-state index in [1.54, 1.807) is 7.11 Å². The van der Waals surface area contributed by atoms with Gasteiger partial charge in [0.1, 0.15) is 11.6 Å². The molecule has 1 atom stereocenters. The molecule has 1 saturated heterocycles. The summed E-state index contributed by atoms with van der Waals surface area (Å²) < 4.78 is 5.18. The summed E-state index contributed by atoms with van der Waals surface area (Å²) in [5.74, 6) is 1.87. The topological polar surface area (TPSA) is 50.3 Å². The number of ether oxygens (including phenoxy) is 1. The van der Waals surface area contributed by atoms with Gasteiger partial charge < -0.3 is 10.1 Å². The van der Waals surface area contributed by atoms with E-state index in [1.165, 1.54) is 32.1 Å². The van der Waals surface area contributed by atoms with Crippen LogP contribution in [0.25, 0.3) is 0 Å². The minimum absolute atomic E-state index is 0.436. The second-order valence-electron chi connectivity index (χ2n) is 6.18. The maximum atomic E-state index is 5.18. The second-order valence-corrected chi connectivity index (χ2v) is 6.18. The van der Waals surface area contributed by atoms with E-state index in [-0.39, 0.29) is 0 Å². The molecule has 0 aromatic carbocycles. The Labute approximate surface area is 127 Å². The first-order valence-electron chi connectivity index (χ1n) is 8.11. The maximum absolute atomic E-state index is 5.18. The third kappa shape index (κ3) is 3.52. The molecule has 1 aromatic rings. The van der Waals surface area contributed by atoms with E-state index in [4.69, 9.17) is 4.74 Å². The largest absolute Gasteiger partial charge is 0.383 e. The van der Waals surface area contributed by atoms with Crippen molar-refractivity contribution >= 4 is 5.82 Å². The Bertz CT molecular complexity index is 473. The van der Waals surface area contributed by atoms with Gasteiger partial charge in [-0.3, -0.25) is 4.90 Å². The molecule has 1 aliphatic heterocycles. The van der Waals surface area contributed by atoms with Crippen LogP contribution in [0.15, 0.2) is 6.07 Å². The van der Waals surface area contributed by atoms with Gasteiger partial charge in [0, 0.05) is 32.3 Å². The Morgan fingerprint density at radius 2 is 2.10 bits per heavy atom. The summed E-state index contributed by atoms with van der Waals surface area (Å²) in [7, 11) is 1.76. The Hall–Kier alpha value is -1.20. The third-order valence-electron chi connectivity index (χ3n) is 4.62. The SMILES string of the molecule is COCCN1CC[C@@H]1c1cc(NC2CCCC2)nc(C)n1. The third-order valence-corrected chi connectivity index (χ3v) is 4.62. The number of hydrogen-bond acceptors (Lipinski definition) is 5. The molecule has 0 bridgehead atoms. The van der Waals surface area contributed by atoms with E-state index in [0.717, 1.165) is 37.0 Å². The normalized spacial score (nSPS) is 23.2. The molecule has 2 fully saturated rings. The van der Waals surface area contributed by atoms with Crippen LogP contribution in [0.4, 0.5) is 5.82 Å². The fourth-order valence-corrected chi connectivity index (χ4v) is 3.37. The van der Waals surface area contributed by atoms with Crippen molar-refractivity contribution in [2.75, 3.05) is 32.1 Å². The zero-order valence-corrected chi connectivity index (χ0v) is 13.1. The predicted molar refractivity (Wildman–Crippen MR) is 83.5 cm³/mol. The molecule has 116 valence electrons. The first kappa shape index (κ1) is 14.7. The van der Waals surface area contributed by atoms with Gasteiger partial charge in [-0.2, -0.15) is 0 Å². The van der Waals surface area contributed by atoms with E-state index in [9.17, 15) is 0 Å². The van der Waals surface area contributed by atoms with Gasteiger partial charge in [0.2, 0.25) is 0 Å². The van der Waals surface area contributed by atoms with Gasteiger partial charge >= 0.3 is 0 Å². The molecule has 5 nitrogen and oxygen atoms in total. The highest BCUT2D eigenvalue weighted by atomic mass is 16.5. The Balaban J connectivity index is 1.68. The Morgan fingerprint density at radius 1 is 1.29 bits per heavy atom. The number of methoxy groups -OCH3 is 1. The predicted octanol–water partition coefficient (Wildman–Crippen LogP) is 2.53. The van der Waals surface area contributed by atoms with Crippen LogP contribution in [0.5, 0.6) is 0 Å². The monoisotopic (exact) mass is 290 g/mol. The van der Waals surface area contributed by atoms with Crippen LogP contribution in [0.1, 0.15) is 49.7 Å². The zero-order chi connectivity index (χ0) is 14.7. The lowest BCUT2D eigenvalue weighted by Gasteiger charge is -2.40. The molecule has 0 spiro atoms. The number of rotatable bonds is 6. The zero-order valence-electron chi connectivity index (χ0n) is 13.1. The fraction of sp³-hybridized carbons (Fsp3) is 0.750. The molecule has 3 rings (SSSR count). The minimum Gasteiger partial charge on any atom is -0.383 e. The van der Waals surface area contributed by atoms with E-state index in [2.05, 4.69) is 26.3 Å². The second kappa shape index (κ2) is 6.71. The van der Waals surface area contributed by atoms with Crippen LogP contribution in [0, 0.1) is 6.92 Å². The van der Waals surface area contributed by atoms with Gasteiger partial charge in [-0.15, -0.1) is 0 Å². The smallest absolute Gasteiger partial charge is 0.130 e. The van der Waals surface area contributed by atoms with E-state index < -0.39 is 0 Å². The summed E-state index contributed by atoms with van der Waals surface area (Å²) >= 11 is 0. The molecule has 0 unspecified atom stereocenters. The number of anilines is 1. The molecule has 5 heteroatoms. The van der Waals surface area contributed by atoms with Gasteiger partial charge in [0.15, 0.2) is 0 Å². The van der Waals surface area contributed by atoms with Gasteiger partial charge in [0.25, 0.3) is 0 Å². The highest BCUT2D eigenvalue weighted by Gasteiger charge is 2.30. The van der Waals surface area contributed by atoms with Crippen LogP contribution in [0.2, 0.25) is 0 Å². The molecule has 1 saturated carbocycles. The summed E-state index contributed by atoms with van der Waals surface area (Å²) in [4.78, 5) is 11.7. The first-order chi connectivity index (χ1) is 10.3. The molecule has 2 heterocycles. The van der Waals surface area contributed by atoms with Crippen molar-refractivity contribution in [3.05, 3.63) is 17.6 Å². The maximum Gasteiger partial charge on any atom is 0.130 e. The molecule has 21 heavy (non-hydrogen) atoms. The van der Waals surface area contributed by atoms with Crippen molar-refractivity contribution in [1.29, 1.82) is 0 Å². The van der Waals surface area contributed by atoms with Crippen LogP contribution in [-0.2, 0) is 4.74 Å². The lowest BCUT2D eigenvalue weighted by Crippen LogP contribution is -2.43. The summed E-state index contributed by atoms with van der Waals surface area (Å²) in [6, 6.07) is 3.18. The van der Waals surface area contributed by atoms with Crippen molar-refractivity contribution in [3.8, 4) is 0 Å². The van der Waals surface area contributed by atoms with Crippen molar-refractivity contribution in [2.24, 2.45) is 0 Å². The summed E-state index contributed by atoms with van der Waals surface area (Å²) in [5.41, 5.74) is 1.16. The number of hydrogen-bond donors (Lipinski definition) is 1. The summed E-state index contributed by atoms with van der Waals surface area (Å²) in [6.07, 6.45) is 6.39. The average Bonchev–Trinajstić information content (AvgIpc) is 2.90.